The molecule has 0 atom stereocenters. The van der Waals surface area contributed by atoms with Crippen LogP contribution in [0.5, 0.6) is 5.75 Å². The molecule has 0 spiro atoms. The average Bonchev–Trinajstić information content (AvgIpc) is 2.14. The summed E-state index contributed by atoms with van der Waals surface area (Å²) in [5.41, 5.74) is 0.212. The van der Waals surface area contributed by atoms with Crippen LogP contribution in [0.4, 0.5) is 5.69 Å². The van der Waals surface area contributed by atoms with Gasteiger partial charge in [-0.25, -0.2) is 8.42 Å². The van der Waals surface area contributed by atoms with Gasteiger partial charge in [0.2, 0.25) is 10.0 Å². The number of sulfonamides is 1. The zero-order chi connectivity index (χ0) is 13.1. The van der Waals surface area contributed by atoms with Crippen LogP contribution < -0.4 is 8.91 Å². The van der Waals surface area contributed by atoms with E-state index in [2.05, 4.69) is 15.5 Å². The Morgan fingerprint density at radius 3 is 2.39 bits per heavy atom. The number of hydrogen-bond acceptors (Lipinski definition) is 5. The molecule has 0 saturated heterocycles. The van der Waals surface area contributed by atoms with Crippen LogP contribution in [0.2, 0.25) is 0 Å². The van der Waals surface area contributed by atoms with Gasteiger partial charge >= 0.3 is 39.7 Å². The summed E-state index contributed by atoms with van der Waals surface area (Å²) in [7, 11) is -7.26. The molecular formula is C9H12NNaO5S2. The van der Waals surface area contributed by atoms with Crippen LogP contribution in [0.1, 0.15) is 0 Å². The summed E-state index contributed by atoms with van der Waals surface area (Å²) in [5.74, 6) is -0.00134. The Kier molecular flexibility index (Phi) is 6.38. The molecule has 1 aromatic carbocycles. The summed E-state index contributed by atoms with van der Waals surface area (Å²) < 4.78 is 50.9. The molecule has 0 heterocycles. The van der Waals surface area contributed by atoms with Gasteiger partial charge in [-0.3, -0.25) is 4.72 Å². The Morgan fingerprint density at radius 2 is 1.89 bits per heavy atom. The van der Waals surface area contributed by atoms with E-state index in [1.165, 1.54) is 24.3 Å². The van der Waals surface area contributed by atoms with Crippen molar-refractivity contribution in [1.82, 2.24) is 0 Å². The molecule has 0 aliphatic rings. The van der Waals surface area contributed by atoms with Gasteiger partial charge in [0.1, 0.15) is 5.75 Å². The Balaban J connectivity index is 0.00000289. The Morgan fingerprint density at radius 1 is 1.28 bits per heavy atom. The molecule has 1 N–H and O–H groups in total. The number of anilines is 1. The van der Waals surface area contributed by atoms with Gasteiger partial charge in [-0.15, -0.1) is 0 Å². The van der Waals surface area contributed by atoms with E-state index in [1.807, 2.05) is 0 Å². The van der Waals surface area contributed by atoms with Crippen molar-refractivity contribution in [2.75, 3.05) is 11.0 Å². The van der Waals surface area contributed by atoms with E-state index < -0.39 is 20.1 Å². The number of nitrogens with one attached hydrogen (secondary N) is 1. The number of benzene rings is 1. The third kappa shape index (κ3) is 6.41. The molecule has 0 unspecified atom stereocenters. The van der Waals surface area contributed by atoms with Crippen molar-refractivity contribution in [2.24, 2.45) is 0 Å². The van der Waals surface area contributed by atoms with Gasteiger partial charge in [0, 0.05) is 6.07 Å². The monoisotopic (exact) mass is 301 g/mol. The summed E-state index contributed by atoms with van der Waals surface area (Å²) in [6.07, 6.45) is 0.987. The molecule has 9 heteroatoms. The van der Waals surface area contributed by atoms with Gasteiger partial charge in [-0.05, 0) is 12.1 Å². The van der Waals surface area contributed by atoms with Crippen molar-refractivity contribution in [2.45, 2.75) is 0 Å². The van der Waals surface area contributed by atoms with Gasteiger partial charge in [0.25, 0.3) is 0 Å². The number of rotatable bonds is 5. The Hall–Kier alpha value is -0.540. The minimum absolute atomic E-state index is 0. The fourth-order valence-electron chi connectivity index (χ4n) is 0.994. The normalized spacial score (nSPS) is 11.2. The molecule has 0 aromatic heterocycles. The second kappa shape index (κ2) is 6.58. The first-order valence-electron chi connectivity index (χ1n) is 4.37. The SMILES string of the molecule is C=CS(=O)(=O)Oc1cccc(NS(C)(=O)=O)c1.[NaH]. The van der Waals surface area contributed by atoms with Crippen molar-refractivity contribution in [3.8, 4) is 5.75 Å². The molecule has 0 aliphatic carbocycles. The van der Waals surface area contributed by atoms with Gasteiger partial charge in [-0.2, -0.15) is 8.42 Å². The molecule has 1 aromatic rings. The van der Waals surface area contributed by atoms with Crippen LogP contribution in [0.3, 0.4) is 0 Å². The van der Waals surface area contributed by atoms with E-state index in [4.69, 9.17) is 0 Å². The van der Waals surface area contributed by atoms with Crippen molar-refractivity contribution in [3.05, 3.63) is 36.3 Å². The van der Waals surface area contributed by atoms with Crippen LogP contribution >= 0.6 is 0 Å². The van der Waals surface area contributed by atoms with Crippen molar-refractivity contribution < 1.29 is 21.0 Å². The summed E-state index contributed by atoms with van der Waals surface area (Å²) in [5, 5.41) is 0.656. The van der Waals surface area contributed by atoms with E-state index in [9.17, 15) is 16.8 Å². The average molecular weight is 301 g/mol. The minimum atomic E-state index is -3.85. The first-order chi connectivity index (χ1) is 7.72. The van der Waals surface area contributed by atoms with E-state index in [-0.39, 0.29) is 41.0 Å². The molecule has 6 nitrogen and oxygen atoms in total. The fourth-order valence-corrected chi connectivity index (χ4v) is 1.99. The predicted molar refractivity (Wildman–Crippen MR) is 71.8 cm³/mol. The van der Waals surface area contributed by atoms with Gasteiger partial charge in [0.05, 0.1) is 17.4 Å². The molecule has 0 fully saturated rings. The Bertz CT molecular complexity index is 624. The maximum atomic E-state index is 11.1. The van der Waals surface area contributed by atoms with Crippen molar-refractivity contribution in [3.63, 3.8) is 0 Å². The van der Waals surface area contributed by atoms with Gasteiger partial charge in [-0.1, -0.05) is 12.6 Å². The first kappa shape index (κ1) is 17.5. The molecule has 0 saturated carbocycles. The van der Waals surface area contributed by atoms with E-state index >= 15 is 0 Å². The number of hydrogen-bond donors (Lipinski definition) is 1. The van der Waals surface area contributed by atoms with Crippen LogP contribution in [-0.2, 0) is 20.1 Å². The summed E-state index contributed by atoms with van der Waals surface area (Å²) in [4.78, 5) is 0. The van der Waals surface area contributed by atoms with E-state index in [1.54, 1.807) is 0 Å². The third-order valence-electron chi connectivity index (χ3n) is 1.55. The second-order valence-corrected chi connectivity index (χ2v) is 6.38. The molecule has 0 radical (unpaired) electrons. The quantitative estimate of drug-likeness (QED) is 0.622. The van der Waals surface area contributed by atoms with Crippen LogP contribution in [0, 0.1) is 0 Å². The zero-order valence-electron chi connectivity index (χ0n) is 8.95. The third-order valence-corrected chi connectivity index (χ3v) is 2.99. The molecule has 1 rings (SSSR count). The van der Waals surface area contributed by atoms with Crippen molar-refractivity contribution >= 4 is 55.4 Å². The van der Waals surface area contributed by atoms with E-state index in [0.29, 0.717) is 5.41 Å². The maximum absolute atomic E-state index is 11.1. The molecule has 0 aliphatic heterocycles. The predicted octanol–water partition coefficient (Wildman–Crippen LogP) is 0.262. The molecule has 96 valence electrons. The fraction of sp³-hybridized carbons (Fsp3) is 0.111. The summed E-state index contributed by atoms with van der Waals surface area (Å²) in [6.45, 7) is 3.09. The standard InChI is InChI=1S/C9H11NO5S2.Na.H/c1-3-17(13,14)15-9-6-4-5-8(7-9)10-16(2,11)12;;/h3-7,10H,1H2,2H3;;. The summed E-state index contributed by atoms with van der Waals surface area (Å²) >= 11 is 0. The summed E-state index contributed by atoms with van der Waals surface area (Å²) in [6, 6.07) is 5.56. The molecule has 0 bridgehead atoms. The van der Waals surface area contributed by atoms with Crippen LogP contribution in [0.15, 0.2) is 36.3 Å². The van der Waals surface area contributed by atoms with Gasteiger partial charge in [0.15, 0.2) is 0 Å². The van der Waals surface area contributed by atoms with E-state index in [0.717, 1.165) is 6.26 Å². The van der Waals surface area contributed by atoms with Crippen LogP contribution in [-0.4, -0.2) is 52.6 Å². The van der Waals surface area contributed by atoms with Gasteiger partial charge < -0.3 is 4.18 Å². The molecule has 0 amide bonds. The molecular weight excluding hydrogens is 289 g/mol. The first-order valence-corrected chi connectivity index (χ1v) is 7.73. The Labute approximate surface area is 129 Å². The topological polar surface area (TPSA) is 89.5 Å². The zero-order valence-corrected chi connectivity index (χ0v) is 10.6. The second-order valence-electron chi connectivity index (χ2n) is 3.14. The van der Waals surface area contributed by atoms with Crippen molar-refractivity contribution in [1.29, 1.82) is 0 Å². The molecule has 18 heavy (non-hydrogen) atoms. The van der Waals surface area contributed by atoms with Crippen LogP contribution in [0.25, 0.3) is 0 Å².